The van der Waals surface area contributed by atoms with Crippen molar-refractivity contribution >= 4 is 18.3 Å². The molecular formula is C13H24ClN3O2. The summed E-state index contributed by atoms with van der Waals surface area (Å²) in [6.07, 6.45) is 2.28. The smallest absolute Gasteiger partial charge is 0.220 e. The van der Waals surface area contributed by atoms with Crippen molar-refractivity contribution in [2.45, 2.75) is 40.0 Å². The van der Waals surface area contributed by atoms with Gasteiger partial charge >= 0.3 is 0 Å². The van der Waals surface area contributed by atoms with Crippen molar-refractivity contribution in [3.8, 4) is 0 Å². The topological polar surface area (TPSA) is 67.2 Å². The van der Waals surface area contributed by atoms with Gasteiger partial charge in [0.15, 0.2) is 0 Å². The van der Waals surface area contributed by atoms with Crippen molar-refractivity contribution in [1.29, 1.82) is 0 Å². The molecule has 1 amide bonds. The van der Waals surface area contributed by atoms with Gasteiger partial charge in [0.2, 0.25) is 5.91 Å². The Balaban J connectivity index is 0.00000324. The number of carbonyl (C=O) groups is 1. The molecule has 0 unspecified atom stereocenters. The molecule has 0 bridgehead atoms. The standard InChI is InChI=1S/C13H23N3O2.ClH/c1-4-7-14-8-9-15-13(17)6-5-12-10(2)16-18-11(12)3;/h14H,4-9H2,1-3H3,(H,15,17);1H. The number of amides is 1. The Hall–Kier alpha value is -1.07. The van der Waals surface area contributed by atoms with Crippen LogP contribution in [0.5, 0.6) is 0 Å². The van der Waals surface area contributed by atoms with Gasteiger partial charge in [-0.15, -0.1) is 12.4 Å². The molecule has 1 aromatic rings. The van der Waals surface area contributed by atoms with Crippen LogP contribution >= 0.6 is 12.4 Å². The van der Waals surface area contributed by atoms with Gasteiger partial charge in [-0.1, -0.05) is 12.1 Å². The lowest BCUT2D eigenvalue weighted by Crippen LogP contribution is -2.32. The predicted octanol–water partition coefficient (Wildman–Crippen LogP) is 1.76. The minimum atomic E-state index is 0. The van der Waals surface area contributed by atoms with Crippen LogP contribution in [0.15, 0.2) is 4.52 Å². The average molecular weight is 290 g/mol. The number of nitrogens with one attached hydrogen (secondary N) is 2. The van der Waals surface area contributed by atoms with Crippen LogP contribution < -0.4 is 10.6 Å². The van der Waals surface area contributed by atoms with Gasteiger partial charge < -0.3 is 15.2 Å². The highest BCUT2D eigenvalue weighted by Gasteiger charge is 2.10. The van der Waals surface area contributed by atoms with Crippen LogP contribution in [-0.2, 0) is 11.2 Å². The first kappa shape index (κ1) is 17.9. The maximum Gasteiger partial charge on any atom is 0.220 e. The van der Waals surface area contributed by atoms with Crippen LogP contribution in [0, 0.1) is 13.8 Å². The Kier molecular flexibility index (Phi) is 9.26. The number of hydrogen-bond donors (Lipinski definition) is 2. The zero-order chi connectivity index (χ0) is 13.4. The van der Waals surface area contributed by atoms with E-state index in [1.54, 1.807) is 0 Å². The van der Waals surface area contributed by atoms with Crippen LogP contribution in [0.3, 0.4) is 0 Å². The Labute approximate surface area is 120 Å². The summed E-state index contributed by atoms with van der Waals surface area (Å²) < 4.78 is 5.06. The zero-order valence-corrected chi connectivity index (χ0v) is 12.7. The van der Waals surface area contributed by atoms with Crippen molar-refractivity contribution in [1.82, 2.24) is 15.8 Å². The van der Waals surface area contributed by atoms with Gasteiger partial charge in [-0.25, -0.2) is 0 Å². The third-order valence-corrected chi connectivity index (χ3v) is 2.83. The molecule has 0 aliphatic rings. The Bertz CT molecular complexity index is 360. The molecule has 0 fully saturated rings. The summed E-state index contributed by atoms with van der Waals surface area (Å²) in [5, 5.41) is 10.0. The van der Waals surface area contributed by atoms with Gasteiger partial charge in [-0.3, -0.25) is 4.79 Å². The van der Waals surface area contributed by atoms with Crippen LogP contribution in [0.25, 0.3) is 0 Å². The van der Waals surface area contributed by atoms with Gasteiger partial charge in [0, 0.05) is 25.1 Å². The fourth-order valence-corrected chi connectivity index (χ4v) is 1.78. The minimum Gasteiger partial charge on any atom is -0.361 e. The molecule has 1 aromatic heterocycles. The molecule has 0 saturated heterocycles. The second-order valence-corrected chi connectivity index (χ2v) is 4.40. The number of carbonyl (C=O) groups excluding carboxylic acids is 1. The van der Waals surface area contributed by atoms with Gasteiger partial charge in [-0.2, -0.15) is 0 Å². The monoisotopic (exact) mass is 289 g/mol. The second-order valence-electron chi connectivity index (χ2n) is 4.40. The van der Waals surface area contributed by atoms with E-state index in [1.807, 2.05) is 13.8 Å². The van der Waals surface area contributed by atoms with E-state index in [-0.39, 0.29) is 18.3 Å². The van der Waals surface area contributed by atoms with Crippen molar-refractivity contribution < 1.29 is 9.32 Å². The van der Waals surface area contributed by atoms with Gasteiger partial charge in [-0.05, 0) is 33.2 Å². The van der Waals surface area contributed by atoms with Crippen LogP contribution in [0.1, 0.15) is 36.8 Å². The van der Waals surface area contributed by atoms with E-state index >= 15 is 0 Å². The largest absolute Gasteiger partial charge is 0.361 e. The number of nitrogens with zero attached hydrogens (tertiary/aromatic N) is 1. The molecule has 19 heavy (non-hydrogen) atoms. The maximum atomic E-state index is 11.6. The van der Waals surface area contributed by atoms with Crippen molar-refractivity contribution in [3.05, 3.63) is 17.0 Å². The molecule has 2 N–H and O–H groups in total. The zero-order valence-electron chi connectivity index (χ0n) is 11.9. The molecule has 5 nitrogen and oxygen atoms in total. The summed E-state index contributed by atoms with van der Waals surface area (Å²) >= 11 is 0. The molecule has 0 aromatic carbocycles. The molecule has 0 saturated carbocycles. The van der Waals surface area contributed by atoms with Gasteiger partial charge in [0.1, 0.15) is 5.76 Å². The Morgan fingerprint density at radius 1 is 1.26 bits per heavy atom. The van der Waals surface area contributed by atoms with E-state index in [9.17, 15) is 4.79 Å². The molecule has 0 aliphatic carbocycles. The van der Waals surface area contributed by atoms with Crippen molar-refractivity contribution in [3.63, 3.8) is 0 Å². The van der Waals surface area contributed by atoms with E-state index in [0.717, 1.165) is 36.5 Å². The SMILES string of the molecule is CCCNCCNC(=O)CCc1c(C)noc1C.Cl. The van der Waals surface area contributed by atoms with Crippen LogP contribution in [0.4, 0.5) is 0 Å². The quantitative estimate of drug-likeness (QED) is 0.716. The number of halogens is 1. The summed E-state index contributed by atoms with van der Waals surface area (Å²) in [5.74, 6) is 0.887. The molecule has 0 aliphatic heterocycles. The summed E-state index contributed by atoms with van der Waals surface area (Å²) in [6, 6.07) is 0. The third kappa shape index (κ3) is 6.59. The highest BCUT2D eigenvalue weighted by Crippen LogP contribution is 2.13. The fraction of sp³-hybridized carbons (Fsp3) is 0.692. The maximum absolute atomic E-state index is 11.6. The highest BCUT2D eigenvalue weighted by atomic mass is 35.5. The summed E-state index contributed by atoms with van der Waals surface area (Å²) in [4.78, 5) is 11.6. The summed E-state index contributed by atoms with van der Waals surface area (Å²) in [6.45, 7) is 8.40. The molecule has 1 heterocycles. The van der Waals surface area contributed by atoms with Crippen LogP contribution in [0.2, 0.25) is 0 Å². The lowest BCUT2D eigenvalue weighted by Gasteiger charge is -2.06. The molecule has 0 atom stereocenters. The molecule has 0 radical (unpaired) electrons. The predicted molar refractivity (Wildman–Crippen MR) is 77.7 cm³/mol. The Morgan fingerprint density at radius 2 is 2.00 bits per heavy atom. The average Bonchev–Trinajstić information content (AvgIpc) is 2.66. The normalized spacial score (nSPS) is 10.1. The number of rotatable bonds is 8. The van der Waals surface area contributed by atoms with E-state index in [1.165, 1.54) is 0 Å². The van der Waals surface area contributed by atoms with E-state index in [4.69, 9.17) is 4.52 Å². The summed E-state index contributed by atoms with van der Waals surface area (Å²) in [7, 11) is 0. The lowest BCUT2D eigenvalue weighted by atomic mass is 10.1. The number of aryl methyl sites for hydroxylation is 2. The summed E-state index contributed by atoms with van der Waals surface area (Å²) in [5.41, 5.74) is 1.93. The Morgan fingerprint density at radius 3 is 2.58 bits per heavy atom. The van der Waals surface area contributed by atoms with Gasteiger partial charge in [0.05, 0.1) is 5.69 Å². The lowest BCUT2D eigenvalue weighted by molar-refractivity contribution is -0.121. The molecule has 0 spiro atoms. The first-order valence-corrected chi connectivity index (χ1v) is 6.54. The third-order valence-electron chi connectivity index (χ3n) is 2.83. The molecule has 1 rings (SSSR count). The number of aromatic nitrogens is 1. The fourth-order valence-electron chi connectivity index (χ4n) is 1.78. The minimum absolute atomic E-state index is 0. The van der Waals surface area contributed by atoms with Crippen molar-refractivity contribution in [2.75, 3.05) is 19.6 Å². The van der Waals surface area contributed by atoms with Gasteiger partial charge in [0.25, 0.3) is 0 Å². The van der Waals surface area contributed by atoms with E-state index in [2.05, 4.69) is 22.7 Å². The highest BCUT2D eigenvalue weighted by molar-refractivity contribution is 5.85. The molecule has 6 heteroatoms. The number of hydrogen-bond acceptors (Lipinski definition) is 4. The van der Waals surface area contributed by atoms with Crippen LogP contribution in [-0.4, -0.2) is 30.7 Å². The molecular weight excluding hydrogens is 266 g/mol. The first-order valence-electron chi connectivity index (χ1n) is 6.54. The van der Waals surface area contributed by atoms with E-state index in [0.29, 0.717) is 19.4 Å². The first-order chi connectivity index (χ1) is 8.65. The second kappa shape index (κ2) is 9.81. The van der Waals surface area contributed by atoms with E-state index < -0.39 is 0 Å². The molecule has 110 valence electrons. The van der Waals surface area contributed by atoms with Crippen molar-refractivity contribution in [2.24, 2.45) is 0 Å².